The summed E-state index contributed by atoms with van der Waals surface area (Å²) < 4.78 is 2.55. The zero-order chi connectivity index (χ0) is 16.3. The van der Waals surface area contributed by atoms with Crippen LogP contribution in [0.3, 0.4) is 0 Å². The number of hydrogen-bond donors (Lipinski definition) is 0. The summed E-state index contributed by atoms with van der Waals surface area (Å²) in [6.07, 6.45) is 22.9. The Kier molecular flexibility index (Phi) is 41.3. The average molecular weight is 454 g/mol. The van der Waals surface area contributed by atoms with E-state index in [2.05, 4.69) is 37.9 Å². The van der Waals surface area contributed by atoms with Crippen molar-refractivity contribution in [3.8, 4) is 0 Å². The summed E-state index contributed by atoms with van der Waals surface area (Å²) >= 11 is 2.31. The van der Waals surface area contributed by atoms with Crippen LogP contribution in [-0.4, -0.2) is 16.5 Å². The predicted octanol–water partition coefficient (Wildman–Crippen LogP) is 8.30. The van der Waals surface area contributed by atoms with E-state index in [0.717, 1.165) is 0 Å². The van der Waals surface area contributed by atoms with E-state index < -0.39 is 0 Å². The van der Waals surface area contributed by atoms with Gasteiger partial charge in [-0.2, -0.15) is 0 Å². The first kappa shape index (κ1) is 34.1. The van der Waals surface area contributed by atoms with Gasteiger partial charge in [-0.1, -0.05) is 0 Å². The van der Waals surface area contributed by atoms with Gasteiger partial charge >= 0.3 is 154 Å². The molecule has 0 aliphatic carbocycles. The minimum absolute atomic E-state index is 0. The molecule has 0 bridgehead atoms. The monoisotopic (exact) mass is 452 g/mol. The van der Waals surface area contributed by atoms with Crippen molar-refractivity contribution < 1.29 is 20.7 Å². The summed E-state index contributed by atoms with van der Waals surface area (Å²) in [6, 6.07) is 0. The molecule has 0 radical (unpaired) electrons. The van der Waals surface area contributed by atoms with Crippen molar-refractivity contribution >= 4 is 37.2 Å². The van der Waals surface area contributed by atoms with Crippen molar-refractivity contribution in [1.29, 1.82) is 0 Å². The van der Waals surface area contributed by atoms with Crippen molar-refractivity contribution in [3.05, 3.63) is 0 Å². The molecule has 0 N–H and O–H groups in total. The first-order chi connectivity index (χ1) is 10.8. The van der Waals surface area contributed by atoms with Gasteiger partial charge in [0.25, 0.3) is 0 Å². The molecule has 0 aromatic heterocycles. The van der Waals surface area contributed by atoms with E-state index in [4.69, 9.17) is 0 Å². The fourth-order valence-corrected chi connectivity index (χ4v) is 3.48. The molecule has 0 spiro atoms. The first-order valence-corrected chi connectivity index (χ1v) is 11.0. The summed E-state index contributed by atoms with van der Waals surface area (Å²) in [5.41, 5.74) is 0. The van der Waals surface area contributed by atoms with Gasteiger partial charge in [-0.15, -0.1) is 37.2 Å². The molecule has 0 amide bonds. The molecule has 0 aliphatic rings. The molecule has 155 valence electrons. The molecule has 0 atom stereocenters. The van der Waals surface area contributed by atoms with Gasteiger partial charge in [0.15, 0.2) is 0 Å². The van der Waals surface area contributed by atoms with Crippen LogP contribution in [0, 0.1) is 0 Å². The largest absolute Gasteiger partial charge is 0.147 e. The minimum atomic E-state index is 0. The maximum Gasteiger partial charge on any atom is -0.147 e. The Morgan fingerprint density at radius 3 is 0.960 bits per heavy atom. The molecule has 25 heavy (non-hydrogen) atoms. The standard InChI is InChI=1S/C20H42N.3ClH.Ti/c1-3-5-7-9-11-13-15-17-19-21-20-18-16-14-12-10-8-6-4-2;;;;/h3-20H2,1-2H3;3*1H;/q-1;;;;+1. The fraction of sp³-hybridized carbons (Fsp3) is 1.00. The van der Waals surface area contributed by atoms with E-state index in [9.17, 15) is 0 Å². The molecule has 5 heteroatoms. The second-order valence-electron chi connectivity index (χ2n) is 6.94. The maximum atomic E-state index is 2.55. The molecular formula is C20H45Cl3NTi. The van der Waals surface area contributed by atoms with Crippen LogP contribution in [0.4, 0.5) is 0 Å². The Hall–Kier alpha value is 1.54. The summed E-state index contributed by atoms with van der Waals surface area (Å²) in [6.45, 7) is 7.21. The van der Waals surface area contributed by atoms with E-state index in [-0.39, 0.29) is 37.2 Å². The van der Waals surface area contributed by atoms with Crippen molar-refractivity contribution in [2.24, 2.45) is 0 Å². The van der Waals surface area contributed by atoms with Gasteiger partial charge in [0.2, 0.25) is 0 Å². The van der Waals surface area contributed by atoms with Gasteiger partial charge in [0.05, 0.1) is 0 Å². The summed E-state index contributed by atoms with van der Waals surface area (Å²) in [5.74, 6) is 0. The zero-order valence-electron chi connectivity index (χ0n) is 16.9. The van der Waals surface area contributed by atoms with Gasteiger partial charge in [-0.25, -0.2) is 0 Å². The van der Waals surface area contributed by atoms with Crippen LogP contribution in [0.15, 0.2) is 0 Å². The van der Waals surface area contributed by atoms with Gasteiger partial charge in [0, 0.05) is 0 Å². The molecule has 0 saturated carbocycles. The molecule has 0 aliphatic heterocycles. The van der Waals surface area contributed by atoms with Crippen LogP contribution in [0.2, 0.25) is 0 Å². The van der Waals surface area contributed by atoms with Gasteiger partial charge < -0.3 is 0 Å². The predicted molar refractivity (Wildman–Crippen MR) is 119 cm³/mol. The molecule has 0 fully saturated rings. The third-order valence-electron chi connectivity index (χ3n) is 4.56. The van der Waals surface area contributed by atoms with Crippen molar-refractivity contribution in [2.45, 2.75) is 117 Å². The number of hydrogen-bond acceptors (Lipinski definition) is 1. The fourth-order valence-electron chi connectivity index (χ4n) is 2.98. The van der Waals surface area contributed by atoms with E-state index in [0.29, 0.717) is 0 Å². The third-order valence-corrected chi connectivity index (χ3v) is 5.26. The Morgan fingerprint density at radius 2 is 0.680 bits per heavy atom. The Balaban J connectivity index is -0.000000735. The van der Waals surface area contributed by atoms with Crippen LogP contribution in [0.25, 0.3) is 0 Å². The normalized spacial score (nSPS) is 10.0. The molecule has 1 nitrogen and oxygen atoms in total. The van der Waals surface area contributed by atoms with Crippen LogP contribution in [0.5, 0.6) is 0 Å². The van der Waals surface area contributed by atoms with Gasteiger partial charge in [-0.3, -0.25) is 0 Å². The molecule has 0 saturated heterocycles. The molecule has 0 unspecified atom stereocenters. The van der Waals surface area contributed by atoms with Crippen LogP contribution in [0.1, 0.15) is 117 Å². The first-order valence-electron chi connectivity index (χ1n) is 10.3. The van der Waals surface area contributed by atoms with Crippen LogP contribution < -0.4 is 0 Å². The summed E-state index contributed by atoms with van der Waals surface area (Å²) in [7, 11) is 0. The molecular weight excluding hydrogens is 408 g/mol. The van der Waals surface area contributed by atoms with Crippen molar-refractivity contribution in [3.63, 3.8) is 0 Å². The molecule has 0 rings (SSSR count). The minimum Gasteiger partial charge on any atom is -0.147 e. The Bertz CT molecular complexity index is 189. The number of nitrogens with zero attached hydrogens (tertiary/aromatic N) is 1. The summed E-state index contributed by atoms with van der Waals surface area (Å²) in [5, 5.41) is 0. The average Bonchev–Trinajstić information content (AvgIpc) is 2.52. The second kappa shape index (κ2) is 30.3. The third kappa shape index (κ3) is 30.5. The topological polar surface area (TPSA) is 3.24 Å². The van der Waals surface area contributed by atoms with E-state index in [1.54, 1.807) is 0 Å². The van der Waals surface area contributed by atoms with E-state index in [1.165, 1.54) is 116 Å². The van der Waals surface area contributed by atoms with Crippen LogP contribution in [-0.2, 0) is 20.7 Å². The van der Waals surface area contributed by atoms with Gasteiger partial charge in [0.1, 0.15) is 0 Å². The van der Waals surface area contributed by atoms with Crippen LogP contribution >= 0.6 is 37.2 Å². The Labute approximate surface area is 190 Å². The number of rotatable bonds is 18. The van der Waals surface area contributed by atoms with Crippen molar-refractivity contribution in [2.75, 3.05) is 13.1 Å². The number of halogens is 3. The molecule has 0 aromatic rings. The quantitative estimate of drug-likeness (QED) is 0.149. The second-order valence-corrected chi connectivity index (χ2v) is 7.92. The van der Waals surface area contributed by atoms with E-state index >= 15 is 0 Å². The van der Waals surface area contributed by atoms with E-state index in [1.807, 2.05) is 0 Å². The van der Waals surface area contributed by atoms with Crippen molar-refractivity contribution in [1.82, 2.24) is 3.38 Å². The SMILES string of the molecule is CCCCCCCCCC[N]([Ti])CCCCCCCCCC.Cl.Cl.Cl. The Morgan fingerprint density at radius 1 is 0.440 bits per heavy atom. The van der Waals surface area contributed by atoms with Gasteiger partial charge in [-0.05, 0) is 0 Å². The molecule has 0 heterocycles. The maximum absolute atomic E-state index is 2.55. The number of unbranched alkanes of at least 4 members (excludes halogenated alkanes) is 14. The summed E-state index contributed by atoms with van der Waals surface area (Å²) in [4.78, 5) is 0. The molecule has 0 aromatic carbocycles. The smallest absolute Gasteiger partial charge is 0.147 e. The zero-order valence-corrected chi connectivity index (χ0v) is 20.9.